The number of halogens is 3. The molecule has 3 rings (SSSR count). The molecule has 3 aromatic rings. The monoisotopic (exact) mass is 391 g/mol. The molecule has 0 radical (unpaired) electrons. The topological polar surface area (TPSA) is 46.9 Å². The van der Waals surface area contributed by atoms with E-state index in [1.165, 1.54) is 12.1 Å². The van der Waals surface area contributed by atoms with Gasteiger partial charge in [0.05, 0.1) is 23.5 Å². The van der Waals surface area contributed by atoms with Gasteiger partial charge in [0, 0.05) is 5.02 Å². The molecular formula is C19H16Cl2FN3O. The van der Waals surface area contributed by atoms with E-state index in [9.17, 15) is 9.18 Å². The van der Waals surface area contributed by atoms with Crippen LogP contribution in [0.25, 0.3) is 0 Å². The van der Waals surface area contributed by atoms with Crippen molar-refractivity contribution in [3.8, 4) is 0 Å². The lowest BCUT2D eigenvalue weighted by Crippen LogP contribution is -2.14. The minimum Gasteiger partial charge on any atom is -0.319 e. The van der Waals surface area contributed by atoms with Crippen LogP contribution < -0.4 is 5.32 Å². The van der Waals surface area contributed by atoms with Crippen molar-refractivity contribution < 1.29 is 9.18 Å². The lowest BCUT2D eigenvalue weighted by molar-refractivity contribution is 0.102. The summed E-state index contributed by atoms with van der Waals surface area (Å²) in [5.41, 5.74) is 2.88. The van der Waals surface area contributed by atoms with Gasteiger partial charge in [0.25, 0.3) is 5.91 Å². The average molecular weight is 392 g/mol. The van der Waals surface area contributed by atoms with Crippen LogP contribution in [-0.4, -0.2) is 15.7 Å². The van der Waals surface area contributed by atoms with Crippen LogP contribution >= 0.6 is 23.2 Å². The number of amides is 1. The molecule has 4 nitrogen and oxygen atoms in total. The first-order valence-corrected chi connectivity index (χ1v) is 8.65. The van der Waals surface area contributed by atoms with Crippen molar-refractivity contribution >= 4 is 34.8 Å². The maximum Gasteiger partial charge on any atom is 0.260 e. The smallest absolute Gasteiger partial charge is 0.260 e. The summed E-state index contributed by atoms with van der Waals surface area (Å²) < 4.78 is 15.5. The van der Waals surface area contributed by atoms with Crippen molar-refractivity contribution in [1.82, 2.24) is 9.78 Å². The van der Waals surface area contributed by atoms with Gasteiger partial charge in [0.2, 0.25) is 0 Å². The number of nitrogens with zero attached hydrogens (tertiary/aromatic N) is 2. The van der Waals surface area contributed by atoms with Crippen molar-refractivity contribution in [3.05, 3.63) is 80.8 Å². The van der Waals surface area contributed by atoms with Gasteiger partial charge in [-0.3, -0.25) is 4.79 Å². The lowest BCUT2D eigenvalue weighted by Gasteiger charge is -2.07. The van der Waals surface area contributed by atoms with Crippen molar-refractivity contribution in [3.63, 3.8) is 0 Å². The van der Waals surface area contributed by atoms with Crippen molar-refractivity contribution in [2.75, 3.05) is 5.32 Å². The second-order valence-corrected chi connectivity index (χ2v) is 6.77. The molecule has 0 spiro atoms. The molecule has 0 saturated carbocycles. The van der Waals surface area contributed by atoms with Gasteiger partial charge in [0.15, 0.2) is 0 Å². The first-order chi connectivity index (χ1) is 12.3. The fourth-order valence-electron chi connectivity index (χ4n) is 2.56. The Morgan fingerprint density at radius 2 is 1.85 bits per heavy atom. The normalized spacial score (nSPS) is 10.8. The van der Waals surface area contributed by atoms with Crippen LogP contribution in [0, 0.1) is 19.7 Å². The minimum atomic E-state index is -0.619. The molecule has 26 heavy (non-hydrogen) atoms. The maximum atomic E-state index is 13.9. The fraction of sp³-hybridized carbons (Fsp3) is 0.158. The van der Waals surface area contributed by atoms with E-state index in [0.717, 1.165) is 17.2 Å². The highest BCUT2D eigenvalue weighted by Crippen LogP contribution is 2.24. The van der Waals surface area contributed by atoms with Crippen molar-refractivity contribution in [1.29, 1.82) is 0 Å². The highest BCUT2D eigenvalue weighted by molar-refractivity contribution is 6.33. The van der Waals surface area contributed by atoms with Gasteiger partial charge in [-0.05, 0) is 37.6 Å². The molecule has 1 amide bonds. The first-order valence-electron chi connectivity index (χ1n) is 7.90. The third kappa shape index (κ3) is 3.89. The average Bonchev–Trinajstić information content (AvgIpc) is 2.86. The molecule has 0 bridgehead atoms. The molecule has 0 aliphatic rings. The van der Waals surface area contributed by atoms with Crippen LogP contribution in [0.3, 0.4) is 0 Å². The molecule has 0 saturated heterocycles. The Morgan fingerprint density at radius 1 is 1.15 bits per heavy atom. The van der Waals surface area contributed by atoms with Gasteiger partial charge in [-0.25, -0.2) is 9.07 Å². The van der Waals surface area contributed by atoms with Crippen LogP contribution in [0.15, 0.2) is 42.5 Å². The largest absolute Gasteiger partial charge is 0.319 e. The van der Waals surface area contributed by atoms with Crippen molar-refractivity contribution in [2.45, 2.75) is 20.4 Å². The molecule has 0 fully saturated rings. The van der Waals surface area contributed by atoms with E-state index < -0.39 is 11.7 Å². The van der Waals surface area contributed by atoms with E-state index in [2.05, 4.69) is 10.4 Å². The van der Waals surface area contributed by atoms with Gasteiger partial charge >= 0.3 is 0 Å². The van der Waals surface area contributed by atoms with Gasteiger partial charge in [-0.2, -0.15) is 5.10 Å². The number of anilines is 1. The summed E-state index contributed by atoms with van der Waals surface area (Å²) >= 11 is 12.1. The Balaban J connectivity index is 1.84. The minimum absolute atomic E-state index is 0.0288. The number of rotatable bonds is 4. The number of hydrogen-bond acceptors (Lipinski definition) is 2. The highest BCUT2D eigenvalue weighted by atomic mass is 35.5. The molecule has 1 heterocycles. The van der Waals surface area contributed by atoms with Crippen LogP contribution in [-0.2, 0) is 6.54 Å². The summed E-state index contributed by atoms with van der Waals surface area (Å²) in [6.07, 6.45) is 0. The zero-order valence-corrected chi connectivity index (χ0v) is 15.7. The van der Waals surface area contributed by atoms with Crippen molar-refractivity contribution in [2.24, 2.45) is 0 Å². The number of hydrogen-bond donors (Lipinski definition) is 1. The second-order valence-electron chi connectivity index (χ2n) is 5.97. The Bertz CT molecular complexity index is 968. The van der Waals surface area contributed by atoms with Crippen LogP contribution in [0.5, 0.6) is 0 Å². The molecule has 1 aromatic heterocycles. The van der Waals surface area contributed by atoms with Crippen LogP contribution in [0.1, 0.15) is 27.2 Å². The van der Waals surface area contributed by atoms with E-state index >= 15 is 0 Å². The molecule has 1 N–H and O–H groups in total. The first kappa shape index (κ1) is 18.4. The summed E-state index contributed by atoms with van der Waals surface area (Å²) in [6.45, 7) is 4.13. The molecule has 0 aliphatic heterocycles. The molecule has 0 atom stereocenters. The summed E-state index contributed by atoms with van der Waals surface area (Å²) in [5, 5.41) is 7.30. The lowest BCUT2D eigenvalue weighted by atomic mass is 10.1. The number of benzene rings is 2. The quantitative estimate of drug-likeness (QED) is 0.660. The fourth-order valence-corrected chi connectivity index (χ4v) is 3.04. The Morgan fingerprint density at radius 3 is 2.50 bits per heavy atom. The van der Waals surface area contributed by atoms with Crippen LogP contribution in [0.4, 0.5) is 10.1 Å². The number of aromatic nitrogens is 2. The van der Waals surface area contributed by atoms with Gasteiger partial charge in [-0.15, -0.1) is 0 Å². The standard InChI is InChI=1S/C19H16Cl2FN3O/c1-11-3-5-13(6-4-11)10-25-18(21)17(12(2)24-25)19(26)23-16-8-7-14(20)9-15(16)22/h3-9H,10H2,1-2H3,(H,23,26). The zero-order valence-electron chi connectivity index (χ0n) is 14.2. The summed E-state index contributed by atoms with van der Waals surface area (Å²) in [5.74, 6) is -1.14. The third-order valence-electron chi connectivity index (χ3n) is 3.92. The number of carbonyl (C=O) groups excluding carboxylic acids is 1. The van der Waals surface area contributed by atoms with E-state index in [1.54, 1.807) is 11.6 Å². The molecule has 7 heteroatoms. The van der Waals surface area contributed by atoms with Gasteiger partial charge in [0.1, 0.15) is 11.0 Å². The molecule has 0 aliphatic carbocycles. The number of aryl methyl sites for hydroxylation is 2. The summed E-state index contributed by atoms with van der Waals surface area (Å²) in [6, 6.07) is 12.0. The van der Waals surface area contributed by atoms with Gasteiger partial charge < -0.3 is 5.32 Å². The van der Waals surface area contributed by atoms with Crippen LogP contribution in [0.2, 0.25) is 10.2 Å². The molecule has 0 unspecified atom stereocenters. The van der Waals surface area contributed by atoms with E-state index in [4.69, 9.17) is 23.2 Å². The van der Waals surface area contributed by atoms with Gasteiger partial charge in [-0.1, -0.05) is 53.0 Å². The zero-order chi connectivity index (χ0) is 18.8. The second kappa shape index (κ2) is 7.48. The predicted molar refractivity (Wildman–Crippen MR) is 102 cm³/mol. The summed E-state index contributed by atoms with van der Waals surface area (Å²) in [7, 11) is 0. The van der Waals surface area contributed by atoms with E-state index in [0.29, 0.717) is 12.2 Å². The summed E-state index contributed by atoms with van der Waals surface area (Å²) in [4.78, 5) is 12.6. The number of carbonyl (C=O) groups is 1. The molecule has 134 valence electrons. The SMILES string of the molecule is Cc1ccc(Cn2nc(C)c(C(=O)Nc3ccc(Cl)cc3F)c2Cl)cc1. The third-order valence-corrected chi connectivity index (χ3v) is 4.54. The Hall–Kier alpha value is -2.37. The van der Waals surface area contributed by atoms with E-state index in [1.807, 2.05) is 31.2 Å². The Labute approximate surface area is 160 Å². The molecule has 2 aromatic carbocycles. The predicted octanol–water partition coefficient (Wildman–Crippen LogP) is 5.25. The van der Waals surface area contributed by atoms with E-state index in [-0.39, 0.29) is 21.4 Å². The Kier molecular flexibility index (Phi) is 5.30. The number of nitrogens with one attached hydrogen (secondary N) is 1. The molecular weight excluding hydrogens is 376 g/mol. The maximum absolute atomic E-state index is 13.9. The highest BCUT2D eigenvalue weighted by Gasteiger charge is 2.21.